The van der Waals surface area contributed by atoms with Gasteiger partial charge in [0.15, 0.2) is 5.41 Å². The third kappa shape index (κ3) is 3.05. The van der Waals surface area contributed by atoms with E-state index in [9.17, 15) is 14.9 Å². The van der Waals surface area contributed by atoms with E-state index in [0.29, 0.717) is 5.75 Å². The minimum absolute atomic E-state index is 0.0319. The number of carbonyl (C=O) groups excluding carboxylic acids is 2. The highest BCUT2D eigenvalue weighted by molar-refractivity contribution is 5.92. The highest BCUT2D eigenvalue weighted by atomic mass is 16.5. The second-order valence-corrected chi connectivity index (χ2v) is 7.15. The largest absolute Gasteiger partial charge is 0.497 e. The number of hydrogen-bond donors (Lipinski definition) is 0. The molecule has 144 valence electrons. The number of hydrogen-bond acceptors (Lipinski definition) is 5. The third-order valence-corrected chi connectivity index (χ3v) is 5.84. The second kappa shape index (κ2) is 7.85. The number of nitriles is 1. The number of methoxy groups -OCH3 is 2. The average molecular weight is 377 g/mol. The number of esters is 1. The van der Waals surface area contributed by atoms with Crippen molar-refractivity contribution in [2.75, 3.05) is 14.2 Å². The minimum Gasteiger partial charge on any atom is -0.497 e. The molecule has 0 amide bonds. The first-order valence-corrected chi connectivity index (χ1v) is 9.20. The van der Waals surface area contributed by atoms with Gasteiger partial charge in [-0.15, -0.1) is 0 Å². The van der Waals surface area contributed by atoms with E-state index in [4.69, 9.17) is 9.47 Å². The first-order valence-electron chi connectivity index (χ1n) is 9.20. The van der Waals surface area contributed by atoms with Crippen molar-refractivity contribution in [1.82, 2.24) is 0 Å². The van der Waals surface area contributed by atoms with Gasteiger partial charge < -0.3 is 9.47 Å². The van der Waals surface area contributed by atoms with Crippen LogP contribution in [-0.4, -0.2) is 26.0 Å². The normalized spacial score (nSPS) is 26.9. The Hall–Kier alpha value is -3.13. The Bertz CT molecular complexity index is 900. The molecule has 0 heterocycles. The fraction of sp³-hybridized carbons (Fsp3) is 0.348. The molecule has 3 rings (SSSR count). The van der Waals surface area contributed by atoms with Gasteiger partial charge >= 0.3 is 5.97 Å². The summed E-state index contributed by atoms with van der Waals surface area (Å²) < 4.78 is 10.3. The van der Waals surface area contributed by atoms with Crippen LogP contribution in [0.1, 0.15) is 36.3 Å². The number of carbonyl (C=O) groups is 2. The number of benzene rings is 2. The molecule has 28 heavy (non-hydrogen) atoms. The molecule has 4 unspecified atom stereocenters. The van der Waals surface area contributed by atoms with Crippen molar-refractivity contribution in [1.29, 1.82) is 5.26 Å². The molecule has 0 spiro atoms. The molecule has 1 aliphatic carbocycles. The summed E-state index contributed by atoms with van der Waals surface area (Å²) in [5, 5.41) is 10.3. The maximum Gasteiger partial charge on any atom is 0.327 e. The molecule has 0 radical (unpaired) electrons. The number of nitrogens with zero attached hydrogens (tertiary/aromatic N) is 1. The molecule has 4 atom stereocenters. The van der Waals surface area contributed by atoms with Crippen molar-refractivity contribution in [3.8, 4) is 11.8 Å². The predicted molar refractivity (Wildman–Crippen MR) is 104 cm³/mol. The Balaban J connectivity index is 2.23. The lowest BCUT2D eigenvalue weighted by molar-refractivity contribution is -0.156. The van der Waals surface area contributed by atoms with Crippen LogP contribution in [0.15, 0.2) is 54.6 Å². The van der Waals surface area contributed by atoms with Crippen LogP contribution in [0, 0.1) is 22.7 Å². The molecular formula is C23H23NO4. The van der Waals surface area contributed by atoms with Gasteiger partial charge in [-0.25, -0.2) is 0 Å². The molecule has 0 aromatic heterocycles. The Morgan fingerprint density at radius 3 is 2.25 bits per heavy atom. The SMILES string of the molecule is COC(=O)C1(C#N)C(c2ccc(OC)cc2)CC(=O)C(C)C1c1ccccc1. The monoisotopic (exact) mass is 377 g/mol. The molecule has 1 aliphatic rings. The van der Waals surface area contributed by atoms with E-state index >= 15 is 0 Å². The third-order valence-electron chi connectivity index (χ3n) is 5.84. The number of rotatable bonds is 4. The van der Waals surface area contributed by atoms with Crippen molar-refractivity contribution < 1.29 is 19.1 Å². The molecule has 1 fully saturated rings. The highest BCUT2D eigenvalue weighted by Gasteiger charge is 2.60. The summed E-state index contributed by atoms with van der Waals surface area (Å²) in [4.78, 5) is 26.0. The summed E-state index contributed by atoms with van der Waals surface area (Å²) in [5.74, 6) is -1.59. The van der Waals surface area contributed by atoms with Crippen LogP contribution in [0.2, 0.25) is 0 Å². The number of ketones is 1. The van der Waals surface area contributed by atoms with E-state index in [1.165, 1.54) is 7.11 Å². The fourth-order valence-electron chi connectivity index (χ4n) is 4.41. The molecule has 0 N–H and O–H groups in total. The van der Waals surface area contributed by atoms with Crippen LogP contribution in [0.25, 0.3) is 0 Å². The smallest absolute Gasteiger partial charge is 0.327 e. The average Bonchev–Trinajstić information content (AvgIpc) is 2.75. The fourth-order valence-corrected chi connectivity index (χ4v) is 4.41. The van der Waals surface area contributed by atoms with E-state index < -0.39 is 29.1 Å². The summed E-state index contributed by atoms with van der Waals surface area (Å²) in [6.45, 7) is 1.79. The van der Waals surface area contributed by atoms with Gasteiger partial charge in [0, 0.05) is 24.2 Å². The summed E-state index contributed by atoms with van der Waals surface area (Å²) in [6, 6.07) is 18.7. The van der Waals surface area contributed by atoms with Gasteiger partial charge in [-0.3, -0.25) is 9.59 Å². The number of Topliss-reactive ketones (excluding diaryl/α,β-unsaturated/α-hetero) is 1. The maximum atomic E-state index is 13.1. The molecule has 5 heteroatoms. The summed E-state index contributed by atoms with van der Waals surface area (Å²) in [6.07, 6.45) is 0.111. The van der Waals surface area contributed by atoms with E-state index in [1.54, 1.807) is 26.2 Å². The van der Waals surface area contributed by atoms with Gasteiger partial charge in [0.2, 0.25) is 0 Å². The van der Waals surface area contributed by atoms with Gasteiger partial charge in [-0.1, -0.05) is 49.4 Å². The lowest BCUT2D eigenvalue weighted by Crippen LogP contribution is -2.50. The van der Waals surface area contributed by atoms with E-state index in [1.807, 2.05) is 42.5 Å². The lowest BCUT2D eigenvalue weighted by atomic mass is 9.53. The molecule has 0 saturated heterocycles. The van der Waals surface area contributed by atoms with Gasteiger partial charge in [0.25, 0.3) is 0 Å². The van der Waals surface area contributed by atoms with Crippen molar-refractivity contribution >= 4 is 11.8 Å². The molecule has 2 aromatic rings. The van der Waals surface area contributed by atoms with Crippen molar-refractivity contribution in [2.45, 2.75) is 25.2 Å². The molecule has 0 aliphatic heterocycles. The van der Waals surface area contributed by atoms with Gasteiger partial charge in [-0.05, 0) is 23.3 Å². The van der Waals surface area contributed by atoms with Gasteiger partial charge in [0.1, 0.15) is 11.5 Å². The zero-order chi connectivity index (χ0) is 20.3. The van der Waals surface area contributed by atoms with Crippen LogP contribution in [-0.2, 0) is 14.3 Å². The van der Waals surface area contributed by atoms with Crippen molar-refractivity contribution in [2.24, 2.45) is 11.3 Å². The zero-order valence-electron chi connectivity index (χ0n) is 16.2. The van der Waals surface area contributed by atoms with Crippen LogP contribution in [0.4, 0.5) is 0 Å². The van der Waals surface area contributed by atoms with Crippen molar-refractivity contribution in [3.63, 3.8) is 0 Å². The Labute approximate surface area is 164 Å². The topological polar surface area (TPSA) is 76.4 Å². The Kier molecular flexibility index (Phi) is 5.51. The molecule has 0 bridgehead atoms. The summed E-state index contributed by atoms with van der Waals surface area (Å²) in [5.41, 5.74) is 0.0281. The first kappa shape index (κ1) is 19.6. The summed E-state index contributed by atoms with van der Waals surface area (Å²) in [7, 11) is 2.86. The molecular weight excluding hydrogens is 354 g/mol. The van der Waals surface area contributed by atoms with E-state index in [0.717, 1.165) is 11.1 Å². The van der Waals surface area contributed by atoms with Crippen molar-refractivity contribution in [3.05, 3.63) is 65.7 Å². The standard InChI is InChI=1S/C23H23NO4/c1-15-20(25)13-19(16-9-11-18(27-2)12-10-16)23(14-24,22(26)28-3)21(15)17-7-5-4-6-8-17/h4-12,15,19,21H,13H2,1-3H3. The Morgan fingerprint density at radius 2 is 1.71 bits per heavy atom. The van der Waals surface area contributed by atoms with Crippen LogP contribution in [0.3, 0.4) is 0 Å². The second-order valence-electron chi connectivity index (χ2n) is 7.15. The maximum absolute atomic E-state index is 13.1. The van der Waals surface area contributed by atoms with Crippen LogP contribution < -0.4 is 4.74 Å². The quantitative estimate of drug-likeness (QED) is 0.757. The summed E-state index contributed by atoms with van der Waals surface area (Å²) >= 11 is 0. The number of ether oxygens (including phenoxy) is 2. The van der Waals surface area contributed by atoms with Crippen LogP contribution >= 0.6 is 0 Å². The van der Waals surface area contributed by atoms with Gasteiger partial charge in [-0.2, -0.15) is 5.26 Å². The lowest BCUT2D eigenvalue weighted by Gasteiger charge is -2.45. The molecule has 5 nitrogen and oxygen atoms in total. The highest BCUT2D eigenvalue weighted by Crippen LogP contribution is 2.56. The first-order chi connectivity index (χ1) is 13.5. The Morgan fingerprint density at radius 1 is 1.07 bits per heavy atom. The van der Waals surface area contributed by atoms with E-state index in [-0.39, 0.29) is 12.2 Å². The minimum atomic E-state index is -1.50. The van der Waals surface area contributed by atoms with Gasteiger partial charge in [0.05, 0.1) is 20.3 Å². The molecule has 1 saturated carbocycles. The predicted octanol–water partition coefficient (Wildman–Crippen LogP) is 3.85. The van der Waals surface area contributed by atoms with E-state index in [2.05, 4.69) is 6.07 Å². The molecule has 2 aromatic carbocycles. The van der Waals surface area contributed by atoms with Crippen LogP contribution in [0.5, 0.6) is 5.75 Å². The zero-order valence-corrected chi connectivity index (χ0v) is 16.2.